The number of carbonyl (C=O) groups excluding carboxylic acids is 1. The third kappa shape index (κ3) is 3.13. The highest BCUT2D eigenvalue weighted by atomic mass is 16.2. The van der Waals surface area contributed by atoms with E-state index in [1.807, 2.05) is 62.4 Å². The lowest BCUT2D eigenvalue weighted by Gasteiger charge is -2.19. The van der Waals surface area contributed by atoms with E-state index in [2.05, 4.69) is 5.32 Å². The van der Waals surface area contributed by atoms with Crippen molar-refractivity contribution in [1.82, 2.24) is 0 Å². The summed E-state index contributed by atoms with van der Waals surface area (Å²) < 4.78 is 0. The molecule has 2 amide bonds. The Morgan fingerprint density at radius 1 is 1.05 bits per heavy atom. The number of hydrogen-bond acceptors (Lipinski definition) is 1. The first kappa shape index (κ1) is 13.1. The van der Waals surface area contributed by atoms with E-state index in [1.165, 1.54) is 0 Å². The molecule has 0 heterocycles. The number of amides is 2. The maximum absolute atomic E-state index is 12.2. The van der Waals surface area contributed by atoms with Crippen molar-refractivity contribution in [2.45, 2.75) is 13.8 Å². The van der Waals surface area contributed by atoms with Crippen molar-refractivity contribution in [1.29, 1.82) is 0 Å². The number of benzene rings is 2. The van der Waals surface area contributed by atoms with E-state index < -0.39 is 0 Å². The molecule has 3 heteroatoms. The molecule has 0 aliphatic heterocycles. The molecule has 19 heavy (non-hydrogen) atoms. The zero-order valence-electron chi connectivity index (χ0n) is 11.5. The van der Waals surface area contributed by atoms with Crippen LogP contribution in [0.3, 0.4) is 0 Å². The van der Waals surface area contributed by atoms with Crippen LogP contribution >= 0.6 is 0 Å². The van der Waals surface area contributed by atoms with Crippen molar-refractivity contribution in [2.24, 2.45) is 0 Å². The van der Waals surface area contributed by atoms with Crippen molar-refractivity contribution in [3.63, 3.8) is 0 Å². The van der Waals surface area contributed by atoms with Gasteiger partial charge in [0.15, 0.2) is 0 Å². The molecule has 0 atom stereocenters. The van der Waals surface area contributed by atoms with Crippen molar-refractivity contribution < 1.29 is 4.79 Å². The second-order valence-electron chi connectivity index (χ2n) is 4.64. The number of hydrogen-bond donors (Lipinski definition) is 1. The van der Waals surface area contributed by atoms with Gasteiger partial charge >= 0.3 is 6.03 Å². The maximum atomic E-state index is 12.2. The lowest BCUT2D eigenvalue weighted by Crippen LogP contribution is -2.31. The molecule has 3 nitrogen and oxygen atoms in total. The summed E-state index contributed by atoms with van der Waals surface area (Å²) in [7, 11) is 1.76. The largest absolute Gasteiger partial charge is 0.326 e. The minimum Gasteiger partial charge on any atom is -0.307 e. The van der Waals surface area contributed by atoms with Gasteiger partial charge < -0.3 is 5.32 Å². The van der Waals surface area contributed by atoms with Crippen LogP contribution in [0.5, 0.6) is 0 Å². The number of nitrogens with zero attached hydrogens (tertiary/aromatic N) is 1. The predicted octanol–water partition coefficient (Wildman–Crippen LogP) is 3.97. The molecule has 0 aliphatic carbocycles. The van der Waals surface area contributed by atoms with Gasteiger partial charge in [0.05, 0.1) is 0 Å². The van der Waals surface area contributed by atoms with Crippen LogP contribution in [0.15, 0.2) is 48.5 Å². The Morgan fingerprint density at radius 2 is 1.74 bits per heavy atom. The molecule has 0 spiro atoms. The van der Waals surface area contributed by atoms with Gasteiger partial charge in [-0.2, -0.15) is 0 Å². The average Bonchev–Trinajstić information content (AvgIpc) is 2.43. The Morgan fingerprint density at radius 3 is 2.42 bits per heavy atom. The van der Waals surface area contributed by atoms with Crippen LogP contribution in [0.2, 0.25) is 0 Å². The van der Waals surface area contributed by atoms with Gasteiger partial charge in [-0.15, -0.1) is 0 Å². The van der Waals surface area contributed by atoms with Crippen molar-refractivity contribution in [2.75, 3.05) is 17.3 Å². The fraction of sp³-hybridized carbons (Fsp3) is 0.188. The first-order chi connectivity index (χ1) is 9.08. The molecule has 98 valence electrons. The van der Waals surface area contributed by atoms with Gasteiger partial charge in [0.2, 0.25) is 0 Å². The summed E-state index contributed by atoms with van der Waals surface area (Å²) in [6, 6.07) is 15.4. The number of aryl methyl sites for hydroxylation is 2. The average molecular weight is 254 g/mol. The summed E-state index contributed by atoms with van der Waals surface area (Å²) in [5, 5.41) is 2.94. The van der Waals surface area contributed by atoms with E-state index in [-0.39, 0.29) is 6.03 Å². The van der Waals surface area contributed by atoms with Gasteiger partial charge in [0.25, 0.3) is 0 Å². The fourth-order valence-corrected chi connectivity index (χ4v) is 1.84. The topological polar surface area (TPSA) is 32.3 Å². The van der Waals surface area contributed by atoms with E-state index >= 15 is 0 Å². The zero-order valence-corrected chi connectivity index (χ0v) is 11.5. The van der Waals surface area contributed by atoms with Crippen LogP contribution in [0.4, 0.5) is 16.2 Å². The number of nitrogens with one attached hydrogen (secondary N) is 1. The summed E-state index contributed by atoms with van der Waals surface area (Å²) in [5.74, 6) is 0. The molecule has 1 N–H and O–H groups in total. The summed E-state index contributed by atoms with van der Waals surface area (Å²) in [4.78, 5) is 13.8. The second kappa shape index (κ2) is 5.57. The zero-order chi connectivity index (χ0) is 13.8. The van der Waals surface area contributed by atoms with Crippen LogP contribution in [0, 0.1) is 13.8 Å². The number of rotatable bonds is 2. The van der Waals surface area contributed by atoms with Gasteiger partial charge in [-0.05, 0) is 43.2 Å². The second-order valence-corrected chi connectivity index (χ2v) is 4.64. The third-order valence-electron chi connectivity index (χ3n) is 3.08. The normalized spacial score (nSPS) is 10.1. The van der Waals surface area contributed by atoms with E-state index in [0.717, 1.165) is 22.5 Å². The summed E-state index contributed by atoms with van der Waals surface area (Å²) >= 11 is 0. The molecule has 0 aromatic heterocycles. The van der Waals surface area contributed by atoms with Crippen LogP contribution in [-0.2, 0) is 0 Å². The first-order valence-electron chi connectivity index (χ1n) is 6.25. The number of urea groups is 1. The van der Waals surface area contributed by atoms with Crippen molar-refractivity contribution >= 4 is 17.4 Å². The maximum Gasteiger partial charge on any atom is 0.326 e. The Labute approximate surface area is 113 Å². The Hall–Kier alpha value is -2.29. The monoisotopic (exact) mass is 254 g/mol. The minimum atomic E-state index is -0.139. The van der Waals surface area contributed by atoms with Crippen LogP contribution in [0.25, 0.3) is 0 Å². The van der Waals surface area contributed by atoms with Crippen molar-refractivity contribution in [3.8, 4) is 0 Å². The smallest absolute Gasteiger partial charge is 0.307 e. The number of carbonyl (C=O) groups is 1. The van der Waals surface area contributed by atoms with Gasteiger partial charge in [-0.3, -0.25) is 4.90 Å². The molecule has 2 aromatic carbocycles. The van der Waals surface area contributed by atoms with Gasteiger partial charge in [0.1, 0.15) is 0 Å². The molecule has 0 bridgehead atoms. The van der Waals surface area contributed by atoms with Gasteiger partial charge in [0, 0.05) is 18.4 Å². The standard InChI is InChI=1S/C16H18N2O/c1-12-9-10-13(2)15(11-12)17-16(19)18(3)14-7-5-4-6-8-14/h4-11H,1-3H3,(H,17,19). The lowest BCUT2D eigenvalue weighted by atomic mass is 10.1. The van der Waals surface area contributed by atoms with E-state index in [9.17, 15) is 4.79 Å². The first-order valence-corrected chi connectivity index (χ1v) is 6.25. The highest BCUT2D eigenvalue weighted by molar-refractivity contribution is 6.01. The lowest BCUT2D eigenvalue weighted by molar-refractivity contribution is 0.258. The Kier molecular flexibility index (Phi) is 3.85. The third-order valence-corrected chi connectivity index (χ3v) is 3.08. The number of para-hydroxylation sites is 1. The molecule has 0 radical (unpaired) electrons. The molecule has 0 unspecified atom stereocenters. The van der Waals surface area contributed by atoms with Crippen LogP contribution in [-0.4, -0.2) is 13.1 Å². The SMILES string of the molecule is Cc1ccc(C)c(NC(=O)N(C)c2ccccc2)c1. The molecule has 2 rings (SSSR count). The molecule has 0 aliphatic rings. The molecular formula is C16H18N2O. The summed E-state index contributed by atoms with van der Waals surface area (Å²) in [6.07, 6.45) is 0. The molecular weight excluding hydrogens is 236 g/mol. The predicted molar refractivity (Wildman–Crippen MR) is 79.8 cm³/mol. The van der Waals surface area contributed by atoms with Gasteiger partial charge in [-0.1, -0.05) is 30.3 Å². The molecule has 2 aromatic rings. The van der Waals surface area contributed by atoms with Crippen LogP contribution in [0.1, 0.15) is 11.1 Å². The highest BCUT2D eigenvalue weighted by Crippen LogP contribution is 2.18. The Bertz CT molecular complexity index is 579. The van der Waals surface area contributed by atoms with E-state index in [0.29, 0.717) is 0 Å². The summed E-state index contributed by atoms with van der Waals surface area (Å²) in [6.45, 7) is 3.99. The quantitative estimate of drug-likeness (QED) is 0.864. The number of anilines is 2. The van der Waals surface area contributed by atoms with Gasteiger partial charge in [-0.25, -0.2) is 4.79 Å². The fourth-order valence-electron chi connectivity index (χ4n) is 1.84. The molecule has 0 saturated heterocycles. The van der Waals surface area contributed by atoms with E-state index in [1.54, 1.807) is 11.9 Å². The summed E-state index contributed by atoms with van der Waals surface area (Å²) in [5.41, 5.74) is 3.90. The molecule has 0 fully saturated rings. The van der Waals surface area contributed by atoms with E-state index in [4.69, 9.17) is 0 Å². The minimum absolute atomic E-state index is 0.139. The van der Waals surface area contributed by atoms with Crippen molar-refractivity contribution in [3.05, 3.63) is 59.7 Å². The molecule has 0 saturated carbocycles. The Balaban J connectivity index is 2.15. The van der Waals surface area contributed by atoms with Crippen LogP contribution < -0.4 is 10.2 Å². The highest BCUT2D eigenvalue weighted by Gasteiger charge is 2.11.